The molecule has 1 fully saturated rings. The monoisotopic (exact) mass is 471 g/mol. The molecule has 32 heavy (non-hydrogen) atoms. The van der Waals surface area contributed by atoms with Crippen LogP contribution in [0.2, 0.25) is 5.02 Å². The van der Waals surface area contributed by atoms with E-state index in [-0.39, 0.29) is 22.0 Å². The van der Waals surface area contributed by atoms with Gasteiger partial charge in [-0.05, 0) is 37.6 Å². The fourth-order valence-corrected chi connectivity index (χ4v) is 4.21. The first-order valence-electron chi connectivity index (χ1n) is 9.58. The third-order valence-corrected chi connectivity index (χ3v) is 5.94. The van der Waals surface area contributed by atoms with Crippen LogP contribution in [0.25, 0.3) is 0 Å². The fourth-order valence-electron chi connectivity index (χ4n) is 3.78. The Balaban J connectivity index is 1.85. The highest BCUT2D eigenvalue weighted by atomic mass is 35.5. The molecule has 0 saturated heterocycles. The van der Waals surface area contributed by atoms with E-state index in [4.69, 9.17) is 11.6 Å². The zero-order valence-corrected chi connectivity index (χ0v) is 18.2. The van der Waals surface area contributed by atoms with Crippen LogP contribution in [0.5, 0.6) is 0 Å². The van der Waals surface area contributed by atoms with Crippen molar-refractivity contribution in [3.05, 3.63) is 51.6 Å². The van der Waals surface area contributed by atoms with Crippen LogP contribution in [0.1, 0.15) is 44.9 Å². The molecular formula is C21H21ClF3N3O4. The second kappa shape index (κ2) is 8.25. The number of Topliss-reactive ketones (excluding diaryl/α,β-unsaturated/α-hetero) is 1. The minimum Gasteiger partial charge on any atom is -0.394 e. The Morgan fingerprint density at radius 2 is 1.84 bits per heavy atom. The lowest BCUT2D eigenvalue weighted by molar-refractivity contribution is -0.154. The first kappa shape index (κ1) is 23.8. The van der Waals surface area contributed by atoms with Gasteiger partial charge in [0.25, 0.3) is 23.5 Å². The summed E-state index contributed by atoms with van der Waals surface area (Å²) >= 11 is 6.28. The lowest BCUT2D eigenvalue weighted by Crippen LogP contribution is -2.65. The van der Waals surface area contributed by atoms with E-state index in [2.05, 4.69) is 10.6 Å². The summed E-state index contributed by atoms with van der Waals surface area (Å²) in [6.45, 7) is 2.28. The summed E-state index contributed by atoms with van der Waals surface area (Å²) in [5.41, 5.74) is -1.08. The third kappa shape index (κ3) is 4.24. The van der Waals surface area contributed by atoms with Crippen LogP contribution in [0.15, 0.2) is 18.2 Å². The summed E-state index contributed by atoms with van der Waals surface area (Å²) in [5, 5.41) is 13.8. The van der Waals surface area contributed by atoms with E-state index in [1.165, 1.54) is 43.7 Å². The van der Waals surface area contributed by atoms with E-state index in [0.29, 0.717) is 11.3 Å². The summed E-state index contributed by atoms with van der Waals surface area (Å²) in [6.07, 6.45) is -1.58. The SMILES string of the molecule is Cc1cc(NC(=O)c2c(Cl)c(C(=O)C(=O)NC3(CO)CC(F)(F)C3)n(C)c2C)ccc1F. The predicted octanol–water partition coefficient (Wildman–Crippen LogP) is 3.15. The zero-order chi connectivity index (χ0) is 24.0. The van der Waals surface area contributed by atoms with E-state index >= 15 is 0 Å². The van der Waals surface area contributed by atoms with Gasteiger partial charge in [0.2, 0.25) is 0 Å². The Hall–Kier alpha value is -2.85. The number of carbonyl (C=O) groups excluding carboxylic acids is 3. The second-order valence-electron chi connectivity index (χ2n) is 8.03. The molecule has 2 amide bonds. The molecule has 0 radical (unpaired) electrons. The number of anilines is 1. The number of hydrogen-bond donors (Lipinski definition) is 3. The molecule has 3 rings (SSSR count). The van der Waals surface area contributed by atoms with Crippen molar-refractivity contribution in [3.8, 4) is 0 Å². The lowest BCUT2D eigenvalue weighted by atomic mass is 9.74. The standard InChI is InChI=1S/C21H21ClF3N3O4/c1-10-6-12(4-5-13(10)23)26-18(31)14-11(2)28(3)16(15(14)22)17(30)19(32)27-20(9-29)7-21(24,25)8-20/h4-6,29H,7-9H2,1-3H3,(H,26,31)(H,27,32). The number of aryl methyl sites for hydroxylation is 1. The number of aliphatic hydroxyl groups is 1. The Morgan fingerprint density at radius 3 is 2.38 bits per heavy atom. The summed E-state index contributed by atoms with van der Waals surface area (Å²) in [7, 11) is 1.42. The molecule has 0 spiro atoms. The fraction of sp³-hybridized carbons (Fsp3) is 0.381. The minimum atomic E-state index is -3.04. The van der Waals surface area contributed by atoms with Crippen LogP contribution in [0.3, 0.4) is 0 Å². The number of nitrogens with zero attached hydrogens (tertiary/aromatic N) is 1. The van der Waals surface area contributed by atoms with Gasteiger partial charge in [0, 0.05) is 31.3 Å². The maximum atomic E-state index is 13.5. The van der Waals surface area contributed by atoms with Gasteiger partial charge in [-0.3, -0.25) is 14.4 Å². The highest BCUT2D eigenvalue weighted by Crippen LogP contribution is 2.45. The van der Waals surface area contributed by atoms with Crippen LogP contribution in [0, 0.1) is 19.7 Å². The molecule has 1 aromatic heterocycles. The summed E-state index contributed by atoms with van der Waals surface area (Å²) < 4.78 is 41.2. The number of aromatic nitrogens is 1. The molecule has 1 heterocycles. The molecule has 2 aromatic rings. The van der Waals surface area contributed by atoms with Gasteiger partial charge in [-0.15, -0.1) is 0 Å². The van der Waals surface area contributed by atoms with Crippen LogP contribution < -0.4 is 10.6 Å². The smallest absolute Gasteiger partial charge is 0.294 e. The van der Waals surface area contributed by atoms with Gasteiger partial charge in [-0.1, -0.05) is 11.6 Å². The highest BCUT2D eigenvalue weighted by molar-refractivity contribution is 6.48. The van der Waals surface area contributed by atoms with Crippen molar-refractivity contribution >= 4 is 34.9 Å². The number of nitrogens with one attached hydrogen (secondary N) is 2. The molecule has 1 saturated carbocycles. The van der Waals surface area contributed by atoms with Gasteiger partial charge in [0.15, 0.2) is 0 Å². The van der Waals surface area contributed by atoms with Gasteiger partial charge in [0.05, 0.1) is 22.7 Å². The average molecular weight is 472 g/mol. The van der Waals surface area contributed by atoms with Gasteiger partial charge < -0.3 is 20.3 Å². The molecule has 0 unspecified atom stereocenters. The van der Waals surface area contributed by atoms with Crippen molar-refractivity contribution in [1.29, 1.82) is 0 Å². The van der Waals surface area contributed by atoms with E-state index in [1.807, 2.05) is 0 Å². The highest BCUT2D eigenvalue weighted by Gasteiger charge is 2.57. The second-order valence-corrected chi connectivity index (χ2v) is 8.41. The number of carbonyl (C=O) groups is 3. The Morgan fingerprint density at radius 1 is 1.22 bits per heavy atom. The molecule has 1 aliphatic rings. The van der Waals surface area contributed by atoms with Crippen molar-refractivity contribution in [1.82, 2.24) is 9.88 Å². The van der Waals surface area contributed by atoms with Crippen LogP contribution >= 0.6 is 11.6 Å². The Bertz CT molecular complexity index is 1120. The predicted molar refractivity (Wildman–Crippen MR) is 111 cm³/mol. The first-order valence-corrected chi connectivity index (χ1v) is 9.96. The molecule has 7 nitrogen and oxygen atoms in total. The summed E-state index contributed by atoms with van der Waals surface area (Å²) in [4.78, 5) is 38.0. The van der Waals surface area contributed by atoms with Gasteiger partial charge >= 0.3 is 0 Å². The average Bonchev–Trinajstić information content (AvgIpc) is 2.91. The Kier molecular flexibility index (Phi) is 6.14. The van der Waals surface area contributed by atoms with Gasteiger partial charge in [0.1, 0.15) is 11.5 Å². The number of amides is 2. The molecule has 11 heteroatoms. The van der Waals surface area contributed by atoms with E-state index in [1.54, 1.807) is 0 Å². The van der Waals surface area contributed by atoms with Gasteiger partial charge in [-0.25, -0.2) is 13.2 Å². The number of aliphatic hydroxyl groups excluding tert-OH is 1. The van der Waals surface area contributed by atoms with Crippen molar-refractivity contribution in [3.63, 3.8) is 0 Å². The number of halogens is 4. The van der Waals surface area contributed by atoms with Crippen LogP contribution in [-0.4, -0.2) is 45.3 Å². The number of ketones is 1. The maximum absolute atomic E-state index is 13.5. The minimum absolute atomic E-state index is 0.0701. The maximum Gasteiger partial charge on any atom is 0.294 e. The normalized spacial score (nSPS) is 16.2. The summed E-state index contributed by atoms with van der Waals surface area (Å²) in [5.74, 6) is -6.53. The molecule has 1 aliphatic carbocycles. The summed E-state index contributed by atoms with van der Waals surface area (Å²) in [6, 6.07) is 3.96. The van der Waals surface area contributed by atoms with Crippen LogP contribution in [-0.2, 0) is 11.8 Å². The molecule has 0 atom stereocenters. The van der Waals surface area contributed by atoms with Crippen molar-refractivity contribution in [2.45, 2.75) is 38.2 Å². The number of benzene rings is 1. The van der Waals surface area contributed by atoms with Crippen molar-refractivity contribution < 1.29 is 32.7 Å². The zero-order valence-electron chi connectivity index (χ0n) is 17.5. The molecule has 3 N–H and O–H groups in total. The van der Waals surface area contributed by atoms with Crippen molar-refractivity contribution in [2.75, 3.05) is 11.9 Å². The lowest BCUT2D eigenvalue weighted by Gasteiger charge is -2.46. The number of hydrogen-bond acceptors (Lipinski definition) is 4. The molecule has 172 valence electrons. The van der Waals surface area contributed by atoms with Gasteiger partial charge in [-0.2, -0.15) is 0 Å². The molecule has 0 bridgehead atoms. The number of rotatable bonds is 6. The van der Waals surface area contributed by atoms with E-state index < -0.39 is 54.3 Å². The number of alkyl halides is 2. The topological polar surface area (TPSA) is 100 Å². The van der Waals surface area contributed by atoms with Crippen molar-refractivity contribution in [2.24, 2.45) is 7.05 Å². The third-order valence-electron chi connectivity index (χ3n) is 5.57. The molecule has 0 aliphatic heterocycles. The largest absolute Gasteiger partial charge is 0.394 e. The van der Waals surface area contributed by atoms with Crippen LogP contribution in [0.4, 0.5) is 18.9 Å². The first-order chi connectivity index (χ1) is 14.8. The quantitative estimate of drug-likeness (QED) is 0.445. The Labute approximate surface area is 186 Å². The van der Waals surface area contributed by atoms with E-state index in [9.17, 15) is 32.7 Å². The molecular weight excluding hydrogens is 451 g/mol. The van der Waals surface area contributed by atoms with E-state index in [0.717, 1.165) is 0 Å². The molecule has 1 aromatic carbocycles.